The highest BCUT2D eigenvalue weighted by atomic mass is 32.2. The fourth-order valence-electron chi connectivity index (χ4n) is 4.12. The van der Waals surface area contributed by atoms with Crippen LogP contribution >= 0.6 is 11.3 Å². The highest BCUT2D eigenvalue weighted by molar-refractivity contribution is 7.90. The summed E-state index contributed by atoms with van der Waals surface area (Å²) in [5.41, 5.74) is -0.0728. The van der Waals surface area contributed by atoms with Crippen molar-refractivity contribution in [3.05, 3.63) is 48.2 Å². The Hall–Kier alpha value is -2.66. The largest absolute Gasteiger partial charge is 0.435 e. The quantitative estimate of drug-likeness (QED) is 0.446. The molecule has 2 aromatic heterocycles. The molecular weight excluding hydrogens is 487 g/mol. The molecule has 182 valence electrons. The van der Waals surface area contributed by atoms with Gasteiger partial charge in [-0.3, -0.25) is 4.79 Å². The number of piperidine rings is 1. The maximum absolute atomic E-state index is 13.6. The first-order valence-electron chi connectivity index (χ1n) is 10.9. The molecule has 1 unspecified atom stereocenters. The minimum Gasteiger partial charge on any atom is -0.320 e. The van der Waals surface area contributed by atoms with Crippen molar-refractivity contribution in [1.82, 2.24) is 14.7 Å². The van der Waals surface area contributed by atoms with E-state index in [4.69, 9.17) is 0 Å². The van der Waals surface area contributed by atoms with Gasteiger partial charge in [0, 0.05) is 24.1 Å². The van der Waals surface area contributed by atoms with Gasteiger partial charge in [0.2, 0.25) is 5.91 Å². The number of sulfone groups is 1. The molecule has 4 rings (SSSR count). The van der Waals surface area contributed by atoms with Crippen LogP contribution in [0.3, 0.4) is 0 Å². The normalized spacial score (nSPS) is 17.2. The van der Waals surface area contributed by atoms with Crippen LogP contribution < -0.4 is 0 Å². The third-order valence-corrected chi connectivity index (χ3v) is 8.07. The second kappa shape index (κ2) is 9.18. The van der Waals surface area contributed by atoms with E-state index >= 15 is 0 Å². The van der Waals surface area contributed by atoms with E-state index in [1.807, 2.05) is 0 Å². The van der Waals surface area contributed by atoms with Crippen molar-refractivity contribution in [1.29, 1.82) is 0 Å². The lowest BCUT2D eigenvalue weighted by molar-refractivity contribution is -0.142. The van der Waals surface area contributed by atoms with Crippen molar-refractivity contribution in [2.24, 2.45) is 0 Å². The van der Waals surface area contributed by atoms with Gasteiger partial charge in [-0.05, 0) is 55.2 Å². The molecular formula is C23H24F3N3O3S2. The van der Waals surface area contributed by atoms with Gasteiger partial charge in [-0.2, -0.15) is 18.3 Å². The lowest BCUT2D eigenvalue weighted by Gasteiger charge is -2.36. The highest BCUT2D eigenvalue weighted by Crippen LogP contribution is 2.40. The summed E-state index contributed by atoms with van der Waals surface area (Å²) in [6.45, 7) is 2.21. The number of halogens is 3. The standard InChI is InChI=1S/C23H24F3N3O3S2/c1-3-22(30)28-12-5-4-9-21(28)29-17(14-20(27-29)23(24,25)26)19-11-10-18(33-19)15-7-6-8-16(13-15)34(2,31)32/h6-8,10-11,13-14,21H,3-5,9,12H2,1-2H3. The number of rotatable bonds is 5. The lowest BCUT2D eigenvalue weighted by atomic mass is 10.1. The number of amides is 1. The average molecular weight is 512 g/mol. The monoisotopic (exact) mass is 511 g/mol. The van der Waals surface area contributed by atoms with Crippen molar-refractivity contribution in [3.63, 3.8) is 0 Å². The first-order chi connectivity index (χ1) is 16.0. The SMILES string of the molecule is CCC(=O)N1CCCCC1n1nc(C(F)(F)F)cc1-c1ccc(-c2cccc(S(C)(=O)=O)c2)s1. The van der Waals surface area contributed by atoms with Crippen LogP contribution in [-0.4, -0.2) is 41.8 Å². The Labute approximate surface area is 199 Å². The van der Waals surface area contributed by atoms with Crippen LogP contribution in [0.2, 0.25) is 0 Å². The van der Waals surface area contributed by atoms with Crippen molar-refractivity contribution in [2.75, 3.05) is 12.8 Å². The van der Waals surface area contributed by atoms with E-state index in [-0.39, 0.29) is 22.9 Å². The van der Waals surface area contributed by atoms with E-state index in [1.165, 1.54) is 22.1 Å². The number of aromatic nitrogens is 2. The van der Waals surface area contributed by atoms with Gasteiger partial charge in [0.15, 0.2) is 15.5 Å². The summed E-state index contributed by atoms with van der Waals surface area (Å²) in [5.74, 6) is -0.121. The van der Waals surface area contributed by atoms with Gasteiger partial charge in [-0.25, -0.2) is 13.1 Å². The number of benzene rings is 1. The van der Waals surface area contributed by atoms with E-state index in [0.29, 0.717) is 28.3 Å². The van der Waals surface area contributed by atoms with Crippen molar-refractivity contribution >= 4 is 27.1 Å². The second-order valence-corrected chi connectivity index (χ2v) is 11.3. The zero-order valence-corrected chi connectivity index (χ0v) is 20.3. The lowest BCUT2D eigenvalue weighted by Crippen LogP contribution is -2.41. The number of likely N-dealkylation sites (tertiary alicyclic amines) is 1. The maximum atomic E-state index is 13.6. The molecule has 0 N–H and O–H groups in total. The average Bonchev–Trinajstić information content (AvgIpc) is 3.45. The Balaban J connectivity index is 1.79. The van der Waals surface area contributed by atoms with Crippen LogP contribution in [0.5, 0.6) is 0 Å². The Kier molecular flexibility index (Phi) is 6.61. The van der Waals surface area contributed by atoms with E-state index in [0.717, 1.165) is 25.2 Å². The number of alkyl halides is 3. The molecule has 1 saturated heterocycles. The van der Waals surface area contributed by atoms with Crippen molar-refractivity contribution in [3.8, 4) is 21.0 Å². The number of carbonyl (C=O) groups excluding carboxylic acids is 1. The van der Waals surface area contributed by atoms with E-state index in [1.54, 1.807) is 42.2 Å². The fraction of sp³-hybridized carbons (Fsp3) is 0.391. The Morgan fingerprint density at radius 1 is 1.15 bits per heavy atom. The highest BCUT2D eigenvalue weighted by Gasteiger charge is 2.38. The van der Waals surface area contributed by atoms with Crippen LogP contribution in [-0.2, 0) is 20.8 Å². The van der Waals surface area contributed by atoms with Gasteiger partial charge in [-0.1, -0.05) is 19.1 Å². The number of hydrogen-bond donors (Lipinski definition) is 0. The molecule has 1 atom stereocenters. The van der Waals surface area contributed by atoms with Gasteiger partial charge >= 0.3 is 6.18 Å². The molecule has 11 heteroatoms. The van der Waals surface area contributed by atoms with Crippen LogP contribution in [0.25, 0.3) is 21.0 Å². The van der Waals surface area contributed by atoms with E-state index in [9.17, 15) is 26.4 Å². The van der Waals surface area contributed by atoms with Gasteiger partial charge in [0.05, 0.1) is 15.5 Å². The first-order valence-corrected chi connectivity index (χ1v) is 13.6. The van der Waals surface area contributed by atoms with Gasteiger partial charge < -0.3 is 4.90 Å². The summed E-state index contributed by atoms with van der Waals surface area (Å²) in [6, 6.07) is 10.9. The molecule has 1 amide bonds. The molecule has 0 spiro atoms. The van der Waals surface area contributed by atoms with Crippen LogP contribution in [0.4, 0.5) is 13.2 Å². The predicted molar refractivity (Wildman–Crippen MR) is 124 cm³/mol. The van der Waals surface area contributed by atoms with Crippen molar-refractivity contribution in [2.45, 2.75) is 49.8 Å². The molecule has 0 saturated carbocycles. The molecule has 0 bridgehead atoms. The van der Waals surface area contributed by atoms with Gasteiger partial charge in [0.25, 0.3) is 0 Å². The smallest absolute Gasteiger partial charge is 0.320 e. The molecule has 1 aliphatic rings. The predicted octanol–water partition coefficient (Wildman–Crippen LogP) is 5.62. The molecule has 0 radical (unpaired) electrons. The fourth-order valence-corrected chi connectivity index (χ4v) is 5.79. The topological polar surface area (TPSA) is 72.3 Å². The van der Waals surface area contributed by atoms with Gasteiger partial charge in [-0.15, -0.1) is 11.3 Å². The molecule has 3 heterocycles. The molecule has 1 aliphatic heterocycles. The summed E-state index contributed by atoms with van der Waals surface area (Å²) in [5, 5.41) is 3.90. The molecule has 1 aromatic carbocycles. The minimum absolute atomic E-state index is 0.121. The van der Waals surface area contributed by atoms with E-state index < -0.39 is 27.9 Å². The number of carbonyl (C=O) groups is 1. The third-order valence-electron chi connectivity index (χ3n) is 5.81. The molecule has 6 nitrogen and oxygen atoms in total. The number of thiophene rings is 1. The van der Waals surface area contributed by atoms with Crippen LogP contribution in [0.1, 0.15) is 44.5 Å². The minimum atomic E-state index is -4.63. The summed E-state index contributed by atoms with van der Waals surface area (Å²) in [6.07, 6.45) is -1.73. The zero-order valence-electron chi connectivity index (χ0n) is 18.7. The summed E-state index contributed by atoms with van der Waals surface area (Å²) >= 11 is 1.25. The molecule has 3 aromatic rings. The number of hydrogen-bond acceptors (Lipinski definition) is 5. The molecule has 1 fully saturated rings. The molecule has 34 heavy (non-hydrogen) atoms. The van der Waals surface area contributed by atoms with Crippen molar-refractivity contribution < 1.29 is 26.4 Å². The van der Waals surface area contributed by atoms with Crippen LogP contribution in [0, 0.1) is 0 Å². The zero-order chi connectivity index (χ0) is 24.7. The van der Waals surface area contributed by atoms with Gasteiger partial charge in [0.1, 0.15) is 6.17 Å². The Bertz CT molecular complexity index is 1310. The molecule has 0 aliphatic carbocycles. The Morgan fingerprint density at radius 2 is 1.88 bits per heavy atom. The summed E-state index contributed by atoms with van der Waals surface area (Å²) in [4.78, 5) is 15.6. The second-order valence-electron chi connectivity index (χ2n) is 8.24. The third kappa shape index (κ3) is 4.90. The summed E-state index contributed by atoms with van der Waals surface area (Å²) < 4.78 is 66.0. The van der Waals surface area contributed by atoms with E-state index in [2.05, 4.69) is 5.10 Å². The Morgan fingerprint density at radius 3 is 2.56 bits per heavy atom. The number of nitrogens with zero attached hydrogens (tertiary/aromatic N) is 3. The summed E-state index contributed by atoms with van der Waals surface area (Å²) in [7, 11) is -3.40. The first kappa shape index (κ1) is 24.5. The van der Waals surface area contributed by atoms with Crippen LogP contribution in [0.15, 0.2) is 47.4 Å². The maximum Gasteiger partial charge on any atom is 0.435 e.